The van der Waals surface area contributed by atoms with Gasteiger partial charge in [-0.25, -0.2) is 13.2 Å². The van der Waals surface area contributed by atoms with E-state index in [2.05, 4.69) is 10.8 Å². The molecule has 50 heavy (non-hydrogen) atoms. The smallest absolute Gasteiger partial charge is 0.458 e. The van der Waals surface area contributed by atoms with Crippen LogP contribution in [0.25, 0.3) is 5.70 Å². The largest absolute Gasteiger partial charge is 0.493 e. The minimum absolute atomic E-state index is 0.103. The topological polar surface area (TPSA) is 70.2 Å². The number of alkyl halides is 3. The summed E-state index contributed by atoms with van der Waals surface area (Å²) in [6, 6.07) is 18.8. The van der Waals surface area contributed by atoms with Gasteiger partial charge in [-0.15, -0.1) is 0 Å². The molecule has 0 saturated carbocycles. The summed E-state index contributed by atoms with van der Waals surface area (Å²) in [6.07, 6.45) is -0.411. The molecular weight excluding hydrogens is 710 g/mol. The van der Waals surface area contributed by atoms with Gasteiger partial charge in [-0.3, -0.25) is 9.80 Å². The third-order valence-corrected chi connectivity index (χ3v) is 10.3. The lowest BCUT2D eigenvalue weighted by molar-refractivity contribution is -0.0696. The highest BCUT2D eigenvalue weighted by atomic mass is 35.5. The highest BCUT2D eigenvalue weighted by molar-refractivity contribution is 7.90. The molecule has 0 radical (unpaired) electrons. The maximum Gasteiger partial charge on any atom is 0.458 e. The maximum absolute atomic E-state index is 14.9. The van der Waals surface area contributed by atoms with E-state index in [1.165, 1.54) is 24.3 Å². The molecule has 1 fully saturated rings. The number of urea groups is 1. The molecule has 0 aromatic heterocycles. The van der Waals surface area contributed by atoms with Gasteiger partial charge in [0, 0.05) is 65.4 Å². The molecule has 266 valence electrons. The maximum atomic E-state index is 14.9. The van der Waals surface area contributed by atoms with Crippen LogP contribution in [0.3, 0.4) is 0 Å². The summed E-state index contributed by atoms with van der Waals surface area (Å²) < 4.78 is 68.1. The molecule has 2 aliphatic heterocycles. The van der Waals surface area contributed by atoms with Gasteiger partial charge >= 0.3 is 12.2 Å². The molecular formula is C37H38Cl2F3N3O4S. The summed E-state index contributed by atoms with van der Waals surface area (Å²) in [4.78, 5) is 20.6. The summed E-state index contributed by atoms with van der Waals surface area (Å²) in [7, 11) is -3.07. The Morgan fingerprint density at radius 1 is 0.940 bits per heavy atom. The molecule has 0 bridgehead atoms. The van der Waals surface area contributed by atoms with Gasteiger partial charge in [0.05, 0.1) is 24.1 Å². The number of ether oxygens (including phenoxy) is 1. The fourth-order valence-electron chi connectivity index (χ4n) is 6.42. The Morgan fingerprint density at radius 2 is 1.56 bits per heavy atom. The summed E-state index contributed by atoms with van der Waals surface area (Å²) in [5, 5.41) is 1.13. The van der Waals surface area contributed by atoms with Crippen LogP contribution in [-0.4, -0.2) is 86.7 Å². The average Bonchev–Trinajstić information content (AvgIpc) is 3.07. The predicted molar refractivity (Wildman–Crippen MR) is 191 cm³/mol. The van der Waals surface area contributed by atoms with Gasteiger partial charge in [0.25, 0.3) is 0 Å². The average molecular weight is 749 g/mol. The van der Waals surface area contributed by atoms with E-state index in [9.17, 15) is 26.4 Å². The number of allylic oxidation sites excluding steroid dienone is 1. The Labute approximate surface area is 301 Å². The van der Waals surface area contributed by atoms with Crippen molar-refractivity contribution in [1.82, 2.24) is 14.7 Å². The number of piperazine rings is 1. The van der Waals surface area contributed by atoms with Gasteiger partial charge in [0.1, 0.15) is 15.6 Å². The van der Waals surface area contributed by atoms with E-state index in [4.69, 9.17) is 27.9 Å². The first kappa shape index (κ1) is 37.6. The molecule has 1 unspecified atom stereocenters. The minimum atomic E-state index is -4.65. The van der Waals surface area contributed by atoms with Crippen LogP contribution in [0.4, 0.5) is 18.0 Å². The second kappa shape index (κ2) is 16.1. The van der Waals surface area contributed by atoms with E-state index >= 15 is 0 Å². The van der Waals surface area contributed by atoms with Gasteiger partial charge in [0.2, 0.25) is 0 Å². The molecule has 0 aliphatic carbocycles. The zero-order valence-corrected chi connectivity index (χ0v) is 30.0. The second-order valence-corrected chi connectivity index (χ2v) is 15.5. The normalized spacial score (nSPS) is 18.7. The number of nitrogens with zero attached hydrogens (tertiary/aromatic N) is 3. The Bertz CT molecular complexity index is 1870. The van der Waals surface area contributed by atoms with Crippen molar-refractivity contribution < 1.29 is 31.1 Å². The molecule has 0 spiro atoms. The lowest BCUT2D eigenvalue weighted by Crippen LogP contribution is -2.54. The fraction of sp³-hybridized carbons (Fsp3) is 0.378. The van der Waals surface area contributed by atoms with Crippen molar-refractivity contribution in [3.63, 3.8) is 0 Å². The molecule has 2 aliphatic rings. The Hall–Kier alpha value is -3.69. The summed E-state index contributed by atoms with van der Waals surface area (Å²) in [5.74, 6) is 3.71. The third-order valence-electron chi connectivity index (χ3n) is 8.74. The number of benzene rings is 3. The number of halogens is 5. The third kappa shape index (κ3) is 9.75. The standard InChI is InChI=1S/C37H38Cl2F3N3O4S/c1-3-49-34-25-26(17-18-37(40,41)42)5-14-32(34)33-16-15-31(27-6-10-29(38)11-7-27)35(28-8-12-30(39)13-9-28)45(33)36(46)44-22-20-43(21-23-44)19-4-24-50(2,47)48/h5-14,16,25,31,35H,3-4,15,19-24H2,1-2H3/t31?,35-/m1/s1. The Kier molecular flexibility index (Phi) is 12.1. The van der Waals surface area contributed by atoms with Crippen molar-refractivity contribution in [2.24, 2.45) is 0 Å². The van der Waals surface area contributed by atoms with Crippen molar-refractivity contribution in [2.75, 3.05) is 51.3 Å². The minimum Gasteiger partial charge on any atom is -0.493 e. The second-order valence-electron chi connectivity index (χ2n) is 12.3. The van der Waals surface area contributed by atoms with E-state index in [0.29, 0.717) is 72.6 Å². The number of sulfone groups is 1. The number of carbonyl (C=O) groups is 1. The first-order chi connectivity index (χ1) is 23.7. The molecule has 5 rings (SSSR count). The van der Waals surface area contributed by atoms with Crippen LogP contribution in [-0.2, 0) is 9.84 Å². The first-order valence-electron chi connectivity index (χ1n) is 16.3. The Balaban J connectivity index is 1.58. The van der Waals surface area contributed by atoms with E-state index in [0.717, 1.165) is 11.1 Å². The van der Waals surface area contributed by atoms with Gasteiger partial charge in [-0.2, -0.15) is 13.2 Å². The van der Waals surface area contributed by atoms with Gasteiger partial charge in [-0.1, -0.05) is 59.5 Å². The highest BCUT2D eigenvalue weighted by Gasteiger charge is 2.41. The molecule has 7 nitrogen and oxygen atoms in total. The molecule has 2 amide bonds. The van der Waals surface area contributed by atoms with Crippen LogP contribution in [0.15, 0.2) is 72.8 Å². The molecule has 3 aromatic rings. The lowest BCUT2D eigenvalue weighted by atomic mass is 9.80. The van der Waals surface area contributed by atoms with E-state index in [1.54, 1.807) is 34.9 Å². The number of hydrogen-bond donors (Lipinski definition) is 0. The zero-order valence-electron chi connectivity index (χ0n) is 27.7. The van der Waals surface area contributed by atoms with E-state index in [-0.39, 0.29) is 29.9 Å². The SMILES string of the molecule is CCOc1cc(C#CC(F)(F)F)ccc1C1=CCC(c2ccc(Cl)cc2)[C@@H](c2ccc(Cl)cc2)N1C(=O)N1CCN(CCCS(C)(=O)=O)CC1. The Morgan fingerprint density at radius 3 is 2.14 bits per heavy atom. The predicted octanol–water partition coefficient (Wildman–Crippen LogP) is 8.05. The van der Waals surface area contributed by atoms with Crippen LogP contribution in [0.2, 0.25) is 10.0 Å². The van der Waals surface area contributed by atoms with Crippen molar-refractivity contribution in [3.8, 4) is 17.6 Å². The first-order valence-corrected chi connectivity index (χ1v) is 19.1. The van der Waals surface area contributed by atoms with Gasteiger partial charge < -0.3 is 9.64 Å². The van der Waals surface area contributed by atoms with Crippen molar-refractivity contribution in [2.45, 2.75) is 37.9 Å². The van der Waals surface area contributed by atoms with Crippen LogP contribution in [0.1, 0.15) is 54.0 Å². The summed E-state index contributed by atoms with van der Waals surface area (Å²) in [5.41, 5.74) is 3.06. The number of hydrogen-bond acceptors (Lipinski definition) is 5. The van der Waals surface area contributed by atoms with Crippen molar-refractivity contribution in [1.29, 1.82) is 0 Å². The van der Waals surface area contributed by atoms with E-state index < -0.39 is 22.1 Å². The molecule has 2 atom stereocenters. The summed E-state index contributed by atoms with van der Waals surface area (Å²) in [6.45, 7) is 4.61. The van der Waals surface area contributed by atoms with Crippen LogP contribution < -0.4 is 4.74 Å². The number of amides is 2. The van der Waals surface area contributed by atoms with Gasteiger partial charge in [-0.05, 0) is 79.9 Å². The van der Waals surface area contributed by atoms with Crippen LogP contribution >= 0.6 is 23.2 Å². The van der Waals surface area contributed by atoms with Gasteiger partial charge in [0.15, 0.2) is 0 Å². The number of rotatable bonds is 9. The molecule has 3 aromatic carbocycles. The van der Waals surface area contributed by atoms with Crippen molar-refractivity contribution in [3.05, 3.63) is 105 Å². The molecule has 13 heteroatoms. The van der Waals surface area contributed by atoms with Crippen LogP contribution in [0.5, 0.6) is 5.75 Å². The molecule has 2 heterocycles. The monoisotopic (exact) mass is 747 g/mol. The molecule has 0 N–H and O–H groups in total. The fourth-order valence-corrected chi connectivity index (χ4v) is 7.33. The van der Waals surface area contributed by atoms with Crippen molar-refractivity contribution >= 4 is 44.8 Å². The lowest BCUT2D eigenvalue weighted by Gasteiger charge is -2.46. The number of carbonyl (C=O) groups excluding carboxylic acids is 1. The molecule has 1 saturated heterocycles. The van der Waals surface area contributed by atoms with Crippen LogP contribution in [0, 0.1) is 11.8 Å². The van der Waals surface area contributed by atoms with E-state index in [1.807, 2.05) is 42.5 Å². The highest BCUT2D eigenvalue weighted by Crippen LogP contribution is 2.48. The quantitative estimate of drug-likeness (QED) is 0.207. The summed E-state index contributed by atoms with van der Waals surface area (Å²) >= 11 is 12.6. The zero-order chi connectivity index (χ0) is 36.1.